The molecule has 98 valence electrons. The molecule has 4 nitrogen and oxygen atoms in total. The number of nitrogens with one attached hydrogen (secondary N) is 1. The summed E-state index contributed by atoms with van der Waals surface area (Å²) in [5.74, 6) is 2.13. The lowest BCUT2D eigenvalue weighted by atomic mass is 10.1. The average Bonchev–Trinajstić information content (AvgIpc) is 2.40. The van der Waals surface area contributed by atoms with Crippen molar-refractivity contribution in [3.63, 3.8) is 0 Å². The van der Waals surface area contributed by atoms with Crippen LogP contribution in [-0.4, -0.2) is 46.4 Å². The van der Waals surface area contributed by atoms with Gasteiger partial charge in [0, 0.05) is 43.0 Å². The third kappa shape index (κ3) is 2.77. The average molecular weight is 265 g/mol. The number of thioether (sulfide) groups is 1. The molecule has 1 saturated heterocycles. The predicted octanol–water partition coefficient (Wildman–Crippen LogP) is 2.09. The summed E-state index contributed by atoms with van der Waals surface area (Å²) in [4.78, 5) is 18.6. The molecular weight excluding hydrogens is 246 g/mol. The fourth-order valence-corrected chi connectivity index (χ4v) is 3.11. The van der Waals surface area contributed by atoms with Crippen LogP contribution in [0.3, 0.4) is 0 Å². The van der Waals surface area contributed by atoms with Crippen LogP contribution in [0.15, 0.2) is 18.5 Å². The molecule has 0 aliphatic carbocycles. The molecule has 1 N–H and O–H groups in total. The van der Waals surface area contributed by atoms with Gasteiger partial charge in [-0.2, -0.15) is 11.8 Å². The maximum Gasteiger partial charge on any atom is 0.257 e. The van der Waals surface area contributed by atoms with Crippen LogP contribution in [0.4, 0.5) is 5.69 Å². The summed E-state index contributed by atoms with van der Waals surface area (Å²) in [5, 5.41) is 3.22. The van der Waals surface area contributed by atoms with Gasteiger partial charge in [-0.3, -0.25) is 9.78 Å². The minimum Gasteiger partial charge on any atom is -0.385 e. The highest BCUT2D eigenvalue weighted by atomic mass is 32.2. The van der Waals surface area contributed by atoms with E-state index in [0.29, 0.717) is 11.6 Å². The molecular formula is C13H19N3OS. The van der Waals surface area contributed by atoms with Crippen LogP contribution in [0.25, 0.3) is 0 Å². The minimum absolute atomic E-state index is 0.0897. The first kappa shape index (κ1) is 13.2. The highest BCUT2D eigenvalue weighted by molar-refractivity contribution is 7.99. The van der Waals surface area contributed by atoms with Crippen molar-refractivity contribution in [2.45, 2.75) is 19.9 Å². The summed E-state index contributed by atoms with van der Waals surface area (Å²) < 4.78 is 0. The molecule has 2 rings (SSSR count). The largest absolute Gasteiger partial charge is 0.385 e. The Labute approximate surface area is 112 Å². The van der Waals surface area contributed by atoms with E-state index in [9.17, 15) is 4.79 Å². The van der Waals surface area contributed by atoms with Crippen LogP contribution in [0, 0.1) is 0 Å². The zero-order chi connectivity index (χ0) is 13.0. The molecule has 0 bridgehead atoms. The van der Waals surface area contributed by atoms with Gasteiger partial charge in [-0.15, -0.1) is 0 Å². The van der Waals surface area contributed by atoms with Crippen molar-refractivity contribution in [2.75, 3.05) is 29.9 Å². The fraction of sp³-hybridized carbons (Fsp3) is 0.538. The number of aromatic nitrogens is 1. The third-order valence-electron chi connectivity index (χ3n) is 3.05. The van der Waals surface area contributed by atoms with E-state index in [0.717, 1.165) is 30.3 Å². The topological polar surface area (TPSA) is 45.2 Å². The van der Waals surface area contributed by atoms with Crippen molar-refractivity contribution >= 4 is 23.4 Å². The first-order valence-corrected chi connectivity index (χ1v) is 7.46. The van der Waals surface area contributed by atoms with Gasteiger partial charge in [0.1, 0.15) is 0 Å². The molecule has 5 heteroatoms. The molecule has 0 aromatic carbocycles. The Morgan fingerprint density at radius 1 is 1.67 bits per heavy atom. The molecule has 1 aromatic heterocycles. The Kier molecular flexibility index (Phi) is 4.47. The summed E-state index contributed by atoms with van der Waals surface area (Å²) in [6, 6.07) is 2.16. The lowest BCUT2D eigenvalue weighted by Gasteiger charge is -2.33. The summed E-state index contributed by atoms with van der Waals surface area (Å²) in [5.41, 5.74) is 1.56. The van der Waals surface area contributed by atoms with Crippen LogP contribution < -0.4 is 5.32 Å². The van der Waals surface area contributed by atoms with Gasteiger partial charge in [0.15, 0.2) is 0 Å². The van der Waals surface area contributed by atoms with Crippen LogP contribution in [0.1, 0.15) is 24.2 Å². The van der Waals surface area contributed by atoms with Crippen LogP contribution >= 0.6 is 11.8 Å². The first-order chi connectivity index (χ1) is 8.74. The zero-order valence-electron chi connectivity index (χ0n) is 10.8. The molecule has 1 aromatic rings. The number of anilines is 1. The second kappa shape index (κ2) is 6.09. The Morgan fingerprint density at radius 3 is 3.22 bits per heavy atom. The zero-order valence-corrected chi connectivity index (χ0v) is 11.7. The standard InChI is InChI=1S/C13H19N3OS/c1-3-15-12-4-5-14-8-11(12)13(17)16-6-7-18-9-10(16)2/h4-5,8,10H,3,6-7,9H2,1-2H3,(H,14,15). The molecule has 0 radical (unpaired) electrons. The Bertz CT molecular complexity index is 424. The maximum absolute atomic E-state index is 12.5. The minimum atomic E-state index is 0.0897. The second-order valence-corrected chi connectivity index (χ2v) is 5.52. The summed E-state index contributed by atoms with van der Waals surface area (Å²) in [6.07, 6.45) is 3.37. The van der Waals surface area contributed by atoms with E-state index in [4.69, 9.17) is 0 Å². The monoisotopic (exact) mass is 265 g/mol. The van der Waals surface area contributed by atoms with Gasteiger partial charge < -0.3 is 10.2 Å². The molecule has 1 fully saturated rings. The Morgan fingerprint density at radius 2 is 2.50 bits per heavy atom. The molecule has 1 amide bonds. The van der Waals surface area contributed by atoms with Gasteiger partial charge in [-0.05, 0) is 19.9 Å². The molecule has 1 aliphatic rings. The highest BCUT2D eigenvalue weighted by Crippen LogP contribution is 2.21. The number of hydrogen-bond acceptors (Lipinski definition) is 4. The lowest BCUT2D eigenvalue weighted by Crippen LogP contribution is -2.44. The van der Waals surface area contributed by atoms with E-state index in [1.807, 2.05) is 29.7 Å². The molecule has 0 saturated carbocycles. The van der Waals surface area contributed by atoms with E-state index < -0.39 is 0 Å². The quantitative estimate of drug-likeness (QED) is 0.909. The van der Waals surface area contributed by atoms with Crippen LogP contribution in [0.2, 0.25) is 0 Å². The van der Waals surface area contributed by atoms with Crippen molar-refractivity contribution in [3.05, 3.63) is 24.0 Å². The van der Waals surface area contributed by atoms with Gasteiger partial charge in [0.05, 0.1) is 11.3 Å². The molecule has 1 atom stereocenters. The summed E-state index contributed by atoms with van der Waals surface area (Å²) >= 11 is 1.91. The van der Waals surface area contributed by atoms with Gasteiger partial charge in [-0.25, -0.2) is 0 Å². The fourth-order valence-electron chi connectivity index (χ4n) is 2.09. The summed E-state index contributed by atoms with van der Waals surface area (Å²) in [7, 11) is 0. The molecule has 1 unspecified atom stereocenters. The SMILES string of the molecule is CCNc1ccncc1C(=O)N1CCSCC1C. The smallest absolute Gasteiger partial charge is 0.257 e. The summed E-state index contributed by atoms with van der Waals surface area (Å²) in [6.45, 7) is 5.75. The second-order valence-electron chi connectivity index (χ2n) is 4.37. The van der Waals surface area contributed by atoms with Crippen LogP contribution in [0.5, 0.6) is 0 Å². The highest BCUT2D eigenvalue weighted by Gasteiger charge is 2.26. The number of carbonyl (C=O) groups is 1. The Balaban J connectivity index is 2.22. The number of amides is 1. The first-order valence-electron chi connectivity index (χ1n) is 6.30. The van der Waals surface area contributed by atoms with E-state index in [1.165, 1.54) is 0 Å². The van der Waals surface area contributed by atoms with Crippen molar-refractivity contribution in [1.82, 2.24) is 9.88 Å². The molecule has 1 aliphatic heterocycles. The number of carbonyl (C=O) groups excluding carboxylic acids is 1. The van der Waals surface area contributed by atoms with Gasteiger partial charge in [0.2, 0.25) is 0 Å². The van der Waals surface area contributed by atoms with Crippen molar-refractivity contribution in [3.8, 4) is 0 Å². The molecule has 0 spiro atoms. The lowest BCUT2D eigenvalue weighted by molar-refractivity contribution is 0.0716. The van der Waals surface area contributed by atoms with Crippen LogP contribution in [-0.2, 0) is 0 Å². The van der Waals surface area contributed by atoms with Gasteiger partial charge in [-0.1, -0.05) is 0 Å². The number of rotatable bonds is 3. The number of pyridine rings is 1. The van der Waals surface area contributed by atoms with E-state index in [-0.39, 0.29) is 5.91 Å². The van der Waals surface area contributed by atoms with Gasteiger partial charge in [0.25, 0.3) is 5.91 Å². The molecule has 2 heterocycles. The Hall–Kier alpha value is -1.23. The normalized spacial score (nSPS) is 19.7. The van der Waals surface area contributed by atoms with E-state index >= 15 is 0 Å². The van der Waals surface area contributed by atoms with E-state index in [1.54, 1.807) is 12.4 Å². The predicted molar refractivity (Wildman–Crippen MR) is 76.2 cm³/mol. The van der Waals surface area contributed by atoms with Crippen molar-refractivity contribution in [2.24, 2.45) is 0 Å². The number of hydrogen-bond donors (Lipinski definition) is 1. The van der Waals surface area contributed by atoms with E-state index in [2.05, 4.69) is 17.2 Å². The maximum atomic E-state index is 12.5. The molecule has 18 heavy (non-hydrogen) atoms. The third-order valence-corrected chi connectivity index (χ3v) is 4.24. The van der Waals surface area contributed by atoms with Gasteiger partial charge >= 0.3 is 0 Å². The number of nitrogens with zero attached hydrogens (tertiary/aromatic N) is 2. The van der Waals surface area contributed by atoms with Crippen molar-refractivity contribution < 1.29 is 4.79 Å². The van der Waals surface area contributed by atoms with Crippen molar-refractivity contribution in [1.29, 1.82) is 0 Å².